The van der Waals surface area contributed by atoms with Crippen molar-refractivity contribution in [1.82, 2.24) is 20.4 Å². The average Bonchev–Trinajstić information content (AvgIpc) is 3.73. The molecule has 0 aromatic heterocycles. The van der Waals surface area contributed by atoms with Crippen LogP contribution in [0.25, 0.3) is 0 Å². The fourth-order valence-electron chi connectivity index (χ4n) is 3.80. The van der Waals surface area contributed by atoms with Gasteiger partial charge in [0.15, 0.2) is 0 Å². The van der Waals surface area contributed by atoms with E-state index in [-0.39, 0.29) is 12.2 Å². The Morgan fingerprint density at radius 3 is 1.53 bits per heavy atom. The maximum absolute atomic E-state index is 12.1. The molecule has 0 saturated carbocycles. The summed E-state index contributed by atoms with van der Waals surface area (Å²) < 4.78 is 22.0. The zero-order chi connectivity index (χ0) is 26.2. The topological polar surface area (TPSA) is 101 Å². The molecule has 2 aliphatic heterocycles. The minimum absolute atomic E-state index is 0.293. The van der Waals surface area contributed by atoms with Crippen LogP contribution in [-0.4, -0.2) is 112 Å². The van der Waals surface area contributed by atoms with Crippen molar-refractivity contribution < 1.29 is 28.5 Å². The van der Waals surface area contributed by atoms with Crippen molar-refractivity contribution in [2.75, 3.05) is 65.7 Å². The molecule has 0 aliphatic carbocycles. The van der Waals surface area contributed by atoms with E-state index in [9.17, 15) is 9.59 Å². The molecule has 2 amide bonds. The maximum Gasteiger partial charge on any atom is 0.407 e. The molecule has 0 radical (unpaired) electrons. The van der Waals surface area contributed by atoms with Gasteiger partial charge in [0.1, 0.15) is 12.2 Å². The Labute approximate surface area is 216 Å². The van der Waals surface area contributed by atoms with Crippen LogP contribution in [0.2, 0.25) is 0 Å². The zero-order valence-electron chi connectivity index (χ0n) is 22.1. The molecule has 10 heteroatoms. The van der Waals surface area contributed by atoms with Crippen molar-refractivity contribution >= 4 is 12.2 Å². The first-order chi connectivity index (χ1) is 17.4. The van der Waals surface area contributed by atoms with Gasteiger partial charge in [0.2, 0.25) is 0 Å². The molecule has 36 heavy (non-hydrogen) atoms. The van der Waals surface area contributed by atoms with Crippen LogP contribution in [0.15, 0.2) is 25.3 Å². The summed E-state index contributed by atoms with van der Waals surface area (Å²) in [6, 6.07) is 1.08. The molecule has 2 rings (SSSR count). The second-order valence-corrected chi connectivity index (χ2v) is 9.58. The van der Waals surface area contributed by atoms with Gasteiger partial charge in [0.05, 0.1) is 26.4 Å². The number of carbonyl (C=O) groups is 2. The smallest absolute Gasteiger partial charge is 0.407 e. The fraction of sp³-hybridized carbons (Fsp3) is 0.769. The fourth-order valence-corrected chi connectivity index (χ4v) is 3.80. The number of nitrogens with one attached hydrogen (secondary N) is 2. The minimum atomic E-state index is -0.412. The Balaban J connectivity index is 1.48. The number of nitrogens with zero attached hydrogens (tertiary/aromatic N) is 2. The molecule has 0 aromatic rings. The highest BCUT2D eigenvalue weighted by Crippen LogP contribution is 2.18. The lowest BCUT2D eigenvalue weighted by Crippen LogP contribution is -2.36. The number of hydrogen-bond donors (Lipinski definition) is 2. The van der Waals surface area contributed by atoms with Crippen LogP contribution in [-0.2, 0) is 18.9 Å². The molecular weight excluding hydrogens is 464 g/mol. The van der Waals surface area contributed by atoms with Crippen LogP contribution in [0, 0.1) is 0 Å². The summed E-state index contributed by atoms with van der Waals surface area (Å²) in [4.78, 5) is 28.7. The molecule has 2 fully saturated rings. The van der Waals surface area contributed by atoms with Gasteiger partial charge in [0, 0.05) is 51.4 Å². The Morgan fingerprint density at radius 1 is 0.806 bits per heavy atom. The molecule has 6 atom stereocenters. The number of carbonyl (C=O) groups excluding carboxylic acids is 2. The van der Waals surface area contributed by atoms with Gasteiger partial charge in [0.25, 0.3) is 0 Å². The second-order valence-electron chi connectivity index (χ2n) is 9.58. The van der Waals surface area contributed by atoms with E-state index < -0.39 is 12.2 Å². The highest BCUT2D eigenvalue weighted by atomic mass is 16.6. The molecule has 0 bridgehead atoms. The summed E-state index contributed by atoms with van der Waals surface area (Å²) in [5, 5.41) is 5.63. The normalized spacial score (nSPS) is 23.7. The van der Waals surface area contributed by atoms with Crippen molar-refractivity contribution in [2.24, 2.45) is 0 Å². The van der Waals surface area contributed by atoms with Gasteiger partial charge in [-0.2, -0.15) is 0 Å². The lowest BCUT2D eigenvalue weighted by molar-refractivity contribution is 0.0214. The lowest BCUT2D eigenvalue weighted by Gasteiger charge is -2.19. The molecule has 206 valence electrons. The maximum atomic E-state index is 12.1. The highest BCUT2D eigenvalue weighted by molar-refractivity contribution is 5.67. The Bertz CT molecular complexity index is 623. The Hall–Kier alpha value is -2.14. The summed E-state index contributed by atoms with van der Waals surface area (Å²) in [5.41, 5.74) is 0. The third-order valence-corrected chi connectivity index (χ3v) is 6.12. The third-order valence-electron chi connectivity index (χ3n) is 6.12. The van der Waals surface area contributed by atoms with E-state index in [2.05, 4.69) is 47.4 Å². The number of hydrogen-bond acceptors (Lipinski definition) is 8. The van der Waals surface area contributed by atoms with E-state index in [0.29, 0.717) is 64.7 Å². The van der Waals surface area contributed by atoms with Gasteiger partial charge in [-0.25, -0.2) is 9.59 Å². The van der Waals surface area contributed by atoms with Gasteiger partial charge < -0.3 is 29.6 Å². The average molecular weight is 511 g/mol. The number of unbranched alkanes of at least 4 members (excludes halogenated alkanes) is 3. The van der Waals surface area contributed by atoms with Crippen LogP contribution in [0.1, 0.15) is 39.5 Å². The van der Waals surface area contributed by atoms with E-state index in [1.54, 1.807) is 12.2 Å². The molecule has 2 aliphatic rings. The van der Waals surface area contributed by atoms with Crippen LogP contribution in [0.4, 0.5) is 9.59 Å². The van der Waals surface area contributed by atoms with E-state index >= 15 is 0 Å². The summed E-state index contributed by atoms with van der Waals surface area (Å²) in [7, 11) is 0. The molecular formula is C26H46N4O6. The molecule has 2 saturated heterocycles. The number of ether oxygens (including phenoxy) is 4. The monoisotopic (exact) mass is 510 g/mol. The first kappa shape index (κ1) is 30.1. The van der Waals surface area contributed by atoms with Crippen LogP contribution in [0.3, 0.4) is 0 Å². The van der Waals surface area contributed by atoms with Gasteiger partial charge in [-0.3, -0.25) is 9.80 Å². The quantitative estimate of drug-likeness (QED) is 0.138. The summed E-state index contributed by atoms with van der Waals surface area (Å²) >= 11 is 0. The van der Waals surface area contributed by atoms with E-state index in [1.165, 1.54) is 0 Å². The summed E-state index contributed by atoms with van der Waals surface area (Å²) in [5.74, 6) is 0. The van der Waals surface area contributed by atoms with Crippen molar-refractivity contribution in [2.45, 2.75) is 63.8 Å². The predicted molar refractivity (Wildman–Crippen MR) is 139 cm³/mol. The van der Waals surface area contributed by atoms with Gasteiger partial charge in [-0.1, -0.05) is 25.0 Å². The second kappa shape index (κ2) is 17.3. The Kier molecular flexibility index (Phi) is 14.5. The first-order valence-electron chi connectivity index (χ1n) is 13.2. The van der Waals surface area contributed by atoms with Crippen LogP contribution < -0.4 is 10.6 Å². The molecule has 10 nitrogen and oxygen atoms in total. The molecule has 6 unspecified atom stereocenters. The largest absolute Gasteiger partial charge is 0.442 e. The van der Waals surface area contributed by atoms with E-state index in [4.69, 9.17) is 18.9 Å². The summed E-state index contributed by atoms with van der Waals surface area (Å²) in [6.07, 6.45) is 5.53. The highest BCUT2D eigenvalue weighted by Gasteiger charge is 2.33. The molecule has 2 heterocycles. The summed E-state index contributed by atoms with van der Waals surface area (Å²) in [6.45, 7) is 17.7. The van der Waals surface area contributed by atoms with Gasteiger partial charge >= 0.3 is 12.2 Å². The minimum Gasteiger partial charge on any atom is -0.442 e. The van der Waals surface area contributed by atoms with Crippen LogP contribution in [0.5, 0.6) is 0 Å². The van der Waals surface area contributed by atoms with Crippen molar-refractivity contribution in [3.63, 3.8) is 0 Å². The number of rotatable bonds is 21. The SMILES string of the molecule is C=CCOCC(CN1CC1C)OC(=O)NCCCCCCNC(=O)OC(COCC=C)CN1CC1C. The third kappa shape index (κ3) is 13.8. The first-order valence-corrected chi connectivity index (χ1v) is 13.2. The number of amides is 2. The zero-order valence-corrected chi connectivity index (χ0v) is 22.1. The molecule has 0 aromatic carbocycles. The molecule has 0 spiro atoms. The lowest BCUT2D eigenvalue weighted by atomic mass is 10.2. The predicted octanol–water partition coefficient (Wildman–Crippen LogP) is 2.55. The van der Waals surface area contributed by atoms with Crippen molar-refractivity contribution in [3.05, 3.63) is 25.3 Å². The van der Waals surface area contributed by atoms with E-state index in [1.807, 2.05) is 0 Å². The number of alkyl carbamates (subject to hydrolysis) is 2. The van der Waals surface area contributed by atoms with E-state index in [0.717, 1.165) is 38.8 Å². The van der Waals surface area contributed by atoms with Crippen LogP contribution >= 0.6 is 0 Å². The molecule has 2 N–H and O–H groups in total. The standard InChI is InChI=1S/C26H46N4O6/c1-5-13-33-19-23(17-29-15-21(29)3)35-25(31)27-11-9-7-8-10-12-28-26(32)36-24(20-34-14-6-2)18-30-16-22(30)4/h5-6,21-24H,1-2,7-20H2,3-4H3,(H,27,31)(H,28,32). The van der Waals surface area contributed by atoms with Gasteiger partial charge in [-0.15, -0.1) is 13.2 Å². The van der Waals surface area contributed by atoms with Gasteiger partial charge in [-0.05, 0) is 26.7 Å². The Morgan fingerprint density at radius 2 is 1.19 bits per heavy atom. The van der Waals surface area contributed by atoms with Crippen molar-refractivity contribution in [3.8, 4) is 0 Å². The van der Waals surface area contributed by atoms with Crippen molar-refractivity contribution in [1.29, 1.82) is 0 Å².